The molecule has 0 unspecified atom stereocenters. The van der Waals surface area contributed by atoms with Gasteiger partial charge in [0.2, 0.25) is 0 Å². The maximum absolute atomic E-state index is 2.56. The zero-order chi connectivity index (χ0) is 38.1. The van der Waals surface area contributed by atoms with Crippen molar-refractivity contribution in [2.45, 2.75) is 19.3 Å². The minimum Gasteiger partial charge on any atom is -0.309 e. The Balaban J connectivity index is 1.26. The van der Waals surface area contributed by atoms with Crippen LogP contribution in [-0.4, -0.2) is 4.57 Å². The molecule has 1 heterocycles. The van der Waals surface area contributed by atoms with Gasteiger partial charge in [-0.25, -0.2) is 0 Å². The first-order valence-corrected chi connectivity index (χ1v) is 19.9. The Hall–Kier alpha value is -7.16. The molecule has 1 aliphatic carbocycles. The van der Waals surface area contributed by atoms with Crippen LogP contribution in [0.25, 0.3) is 71.6 Å². The lowest BCUT2D eigenvalue weighted by atomic mass is 9.82. The van der Waals surface area contributed by atoms with E-state index in [-0.39, 0.29) is 5.41 Å². The molecule has 0 bridgehead atoms. The zero-order valence-electron chi connectivity index (χ0n) is 32.0. The van der Waals surface area contributed by atoms with Gasteiger partial charge in [0.15, 0.2) is 0 Å². The molecule has 0 radical (unpaired) electrons. The number of aromatic nitrogens is 1. The Labute approximate surface area is 333 Å². The summed E-state index contributed by atoms with van der Waals surface area (Å²) in [5.74, 6) is 0. The first kappa shape index (κ1) is 33.2. The fraction of sp³-hybridized carbons (Fsp3) is 0.0545. The third kappa shape index (κ3) is 5.11. The molecular formula is C55H40N2. The SMILES string of the molecule is CC1(C)c2ccccc2-c2ccc(N(c3c(-c4ccccc4)ccc4ccccc34)c3cccc4c3c3ccccc3n4-c3ccccc3-c3ccccc3)cc21. The molecule has 0 amide bonds. The van der Waals surface area contributed by atoms with Crippen LogP contribution < -0.4 is 4.90 Å². The molecule has 10 aromatic rings. The Bertz CT molecular complexity index is 3150. The highest BCUT2D eigenvalue weighted by Crippen LogP contribution is 2.53. The molecule has 1 aliphatic rings. The van der Waals surface area contributed by atoms with Crippen LogP contribution in [0.2, 0.25) is 0 Å². The number of benzene rings is 9. The van der Waals surface area contributed by atoms with Crippen LogP contribution in [0.15, 0.2) is 206 Å². The largest absolute Gasteiger partial charge is 0.309 e. The van der Waals surface area contributed by atoms with Crippen molar-refractivity contribution in [3.8, 4) is 39.1 Å². The standard InChI is InChI=1S/C55H40N2/c1-55(2)47-27-14-11-25-44(47)45-35-33-40(36-48(45)55)56(54-42-24-10-9-22-39(42)32-34-43(54)38-20-7-4-8-21-38)51-30-17-31-52-53(51)46-26-13-16-29-50(46)57(52)49-28-15-12-23-41(49)37-18-5-3-6-19-37/h3-36H,1-2H3. The van der Waals surface area contributed by atoms with E-state index < -0.39 is 0 Å². The Morgan fingerprint density at radius 1 is 0.421 bits per heavy atom. The van der Waals surface area contributed by atoms with Crippen molar-refractivity contribution in [1.29, 1.82) is 0 Å². The van der Waals surface area contributed by atoms with Crippen molar-refractivity contribution < 1.29 is 0 Å². The van der Waals surface area contributed by atoms with E-state index in [9.17, 15) is 0 Å². The van der Waals surface area contributed by atoms with E-state index in [4.69, 9.17) is 0 Å². The zero-order valence-corrected chi connectivity index (χ0v) is 32.0. The fourth-order valence-electron chi connectivity index (χ4n) is 9.54. The molecule has 2 nitrogen and oxygen atoms in total. The molecular weight excluding hydrogens is 689 g/mol. The number of anilines is 3. The maximum atomic E-state index is 2.56. The topological polar surface area (TPSA) is 8.17 Å². The third-order valence-electron chi connectivity index (χ3n) is 12.2. The molecule has 57 heavy (non-hydrogen) atoms. The lowest BCUT2D eigenvalue weighted by Gasteiger charge is -2.31. The van der Waals surface area contributed by atoms with Crippen LogP contribution in [0, 0.1) is 0 Å². The molecule has 1 aromatic heterocycles. The highest BCUT2D eigenvalue weighted by Gasteiger charge is 2.36. The van der Waals surface area contributed by atoms with Gasteiger partial charge in [-0.05, 0) is 75.2 Å². The van der Waals surface area contributed by atoms with Crippen molar-refractivity contribution in [3.63, 3.8) is 0 Å². The second kappa shape index (κ2) is 13.0. The summed E-state index contributed by atoms with van der Waals surface area (Å²) < 4.78 is 2.47. The summed E-state index contributed by atoms with van der Waals surface area (Å²) in [5.41, 5.74) is 16.9. The first-order valence-electron chi connectivity index (χ1n) is 19.9. The second-order valence-electron chi connectivity index (χ2n) is 15.7. The summed E-state index contributed by atoms with van der Waals surface area (Å²) in [4.78, 5) is 2.56. The Kier molecular flexibility index (Phi) is 7.55. The molecule has 2 heteroatoms. The summed E-state index contributed by atoms with van der Waals surface area (Å²) in [6.45, 7) is 4.75. The van der Waals surface area contributed by atoms with E-state index in [2.05, 4.69) is 230 Å². The lowest BCUT2D eigenvalue weighted by molar-refractivity contribution is 0.660. The molecule has 0 aliphatic heterocycles. The van der Waals surface area contributed by atoms with Crippen LogP contribution in [0.5, 0.6) is 0 Å². The summed E-state index contributed by atoms with van der Waals surface area (Å²) in [5, 5.41) is 4.84. The smallest absolute Gasteiger partial charge is 0.0618 e. The van der Waals surface area contributed by atoms with E-state index >= 15 is 0 Å². The van der Waals surface area contributed by atoms with Crippen LogP contribution in [0.4, 0.5) is 17.1 Å². The van der Waals surface area contributed by atoms with E-state index in [1.807, 2.05) is 0 Å². The van der Waals surface area contributed by atoms with Gasteiger partial charge in [-0.2, -0.15) is 0 Å². The van der Waals surface area contributed by atoms with Crippen LogP contribution in [0.1, 0.15) is 25.0 Å². The number of rotatable bonds is 6. The van der Waals surface area contributed by atoms with Gasteiger partial charge in [0.25, 0.3) is 0 Å². The minimum absolute atomic E-state index is 0.155. The van der Waals surface area contributed by atoms with Gasteiger partial charge in [-0.1, -0.05) is 184 Å². The number of hydrogen-bond acceptors (Lipinski definition) is 1. The normalized spacial score (nSPS) is 12.9. The van der Waals surface area contributed by atoms with Crippen LogP contribution in [-0.2, 0) is 5.41 Å². The predicted molar refractivity (Wildman–Crippen MR) is 241 cm³/mol. The summed E-state index contributed by atoms with van der Waals surface area (Å²) >= 11 is 0. The van der Waals surface area contributed by atoms with Crippen molar-refractivity contribution >= 4 is 49.6 Å². The summed E-state index contributed by atoms with van der Waals surface area (Å²) in [6.07, 6.45) is 0. The van der Waals surface area contributed by atoms with E-state index in [1.54, 1.807) is 0 Å². The maximum Gasteiger partial charge on any atom is 0.0618 e. The average Bonchev–Trinajstić information content (AvgIpc) is 3.73. The third-order valence-corrected chi connectivity index (χ3v) is 12.2. The quantitative estimate of drug-likeness (QED) is 0.165. The molecule has 0 spiro atoms. The summed E-state index contributed by atoms with van der Waals surface area (Å²) in [7, 11) is 0. The number of hydrogen-bond donors (Lipinski definition) is 0. The number of nitrogens with zero attached hydrogens (tertiary/aromatic N) is 2. The van der Waals surface area contributed by atoms with E-state index in [0.717, 1.165) is 22.6 Å². The van der Waals surface area contributed by atoms with Gasteiger partial charge in [0.1, 0.15) is 0 Å². The van der Waals surface area contributed by atoms with Gasteiger partial charge in [0.05, 0.1) is 28.1 Å². The molecule has 11 rings (SSSR count). The Morgan fingerprint density at radius 3 is 1.82 bits per heavy atom. The Morgan fingerprint density at radius 2 is 1.02 bits per heavy atom. The molecule has 0 saturated heterocycles. The van der Waals surface area contributed by atoms with Gasteiger partial charge in [0, 0.05) is 38.4 Å². The molecule has 270 valence electrons. The second-order valence-corrected chi connectivity index (χ2v) is 15.7. The van der Waals surface area contributed by atoms with Crippen molar-refractivity contribution in [2.75, 3.05) is 4.90 Å². The minimum atomic E-state index is -0.155. The average molecular weight is 729 g/mol. The number of para-hydroxylation sites is 2. The molecule has 0 atom stereocenters. The monoisotopic (exact) mass is 728 g/mol. The first-order chi connectivity index (χ1) is 28.1. The number of fused-ring (bicyclic) bond motifs is 7. The van der Waals surface area contributed by atoms with E-state index in [0.29, 0.717) is 0 Å². The van der Waals surface area contributed by atoms with Crippen molar-refractivity contribution in [3.05, 3.63) is 217 Å². The lowest BCUT2D eigenvalue weighted by Crippen LogP contribution is -2.17. The van der Waals surface area contributed by atoms with Crippen molar-refractivity contribution in [2.24, 2.45) is 0 Å². The molecule has 9 aromatic carbocycles. The van der Waals surface area contributed by atoms with Gasteiger partial charge < -0.3 is 9.47 Å². The van der Waals surface area contributed by atoms with Crippen LogP contribution >= 0.6 is 0 Å². The summed E-state index contributed by atoms with van der Waals surface area (Å²) in [6, 6.07) is 75.7. The van der Waals surface area contributed by atoms with Crippen molar-refractivity contribution in [1.82, 2.24) is 4.57 Å². The molecule has 0 saturated carbocycles. The van der Waals surface area contributed by atoms with Crippen LogP contribution in [0.3, 0.4) is 0 Å². The highest BCUT2D eigenvalue weighted by atomic mass is 15.2. The molecule has 0 N–H and O–H groups in total. The highest BCUT2D eigenvalue weighted by molar-refractivity contribution is 6.19. The predicted octanol–water partition coefficient (Wildman–Crippen LogP) is 15.0. The van der Waals surface area contributed by atoms with Gasteiger partial charge in [-0.15, -0.1) is 0 Å². The molecule has 0 fully saturated rings. The van der Waals surface area contributed by atoms with Gasteiger partial charge >= 0.3 is 0 Å². The fourth-order valence-corrected chi connectivity index (χ4v) is 9.54. The van der Waals surface area contributed by atoms with E-state index in [1.165, 1.54) is 77.3 Å². The van der Waals surface area contributed by atoms with Gasteiger partial charge in [-0.3, -0.25) is 0 Å².